The first-order valence-electron chi connectivity index (χ1n) is 13.3. The molecule has 2 fully saturated rings. The van der Waals surface area contributed by atoms with E-state index in [0.717, 1.165) is 61.4 Å². The van der Waals surface area contributed by atoms with Crippen LogP contribution in [0.4, 0.5) is 17.5 Å². The van der Waals surface area contributed by atoms with E-state index in [-0.39, 0.29) is 17.3 Å². The lowest BCUT2D eigenvalue weighted by Gasteiger charge is -2.34. The Bertz CT molecular complexity index is 1270. The first-order valence-corrected chi connectivity index (χ1v) is 13.3. The molecular formula is C28H38N6O2. The number of aromatic nitrogens is 4. The summed E-state index contributed by atoms with van der Waals surface area (Å²) in [7, 11) is 0. The van der Waals surface area contributed by atoms with Gasteiger partial charge in [0.15, 0.2) is 11.5 Å². The summed E-state index contributed by atoms with van der Waals surface area (Å²) in [5.41, 5.74) is 5.18. The van der Waals surface area contributed by atoms with Gasteiger partial charge in [-0.3, -0.25) is 4.79 Å². The van der Waals surface area contributed by atoms with Gasteiger partial charge in [-0.05, 0) is 67.6 Å². The fourth-order valence-electron chi connectivity index (χ4n) is 5.35. The van der Waals surface area contributed by atoms with Crippen LogP contribution < -0.4 is 10.2 Å². The second-order valence-corrected chi connectivity index (χ2v) is 11.5. The minimum Gasteiger partial charge on any atom is -0.481 e. The van der Waals surface area contributed by atoms with E-state index in [0.29, 0.717) is 24.1 Å². The Morgan fingerprint density at radius 2 is 1.89 bits per heavy atom. The van der Waals surface area contributed by atoms with E-state index < -0.39 is 5.97 Å². The number of carboxylic acid groups (broad SMARTS) is 1. The van der Waals surface area contributed by atoms with E-state index in [1.807, 2.05) is 13.3 Å². The molecule has 36 heavy (non-hydrogen) atoms. The highest BCUT2D eigenvalue weighted by Gasteiger charge is 2.32. The number of benzene rings is 1. The number of nitrogens with zero attached hydrogens (tertiary/aromatic N) is 5. The molecule has 1 aliphatic heterocycles. The van der Waals surface area contributed by atoms with Crippen LogP contribution in [-0.2, 0) is 10.2 Å². The SMILES string of the molecule is CCC(C(=O)O)C1CCN(c2nc(Nc3cc(C(C)(C)C)ccc3C)c3c(ncn3C3CC3)n2)CC1. The van der Waals surface area contributed by atoms with Crippen LogP contribution >= 0.6 is 0 Å². The van der Waals surface area contributed by atoms with Gasteiger partial charge in [0.05, 0.1) is 12.2 Å². The predicted molar refractivity (Wildman–Crippen MR) is 143 cm³/mol. The van der Waals surface area contributed by atoms with Crippen molar-refractivity contribution in [3.8, 4) is 0 Å². The fourth-order valence-corrected chi connectivity index (χ4v) is 5.35. The number of nitrogens with one attached hydrogen (secondary N) is 1. The lowest BCUT2D eigenvalue weighted by molar-refractivity contribution is -0.144. The topological polar surface area (TPSA) is 96.2 Å². The number of imidazole rings is 1. The third-order valence-corrected chi connectivity index (χ3v) is 7.86. The van der Waals surface area contributed by atoms with Crippen molar-refractivity contribution in [2.75, 3.05) is 23.3 Å². The molecule has 1 saturated heterocycles. The van der Waals surface area contributed by atoms with Gasteiger partial charge in [-0.1, -0.05) is 39.8 Å². The minimum atomic E-state index is -0.682. The summed E-state index contributed by atoms with van der Waals surface area (Å²) in [6.45, 7) is 12.3. The first-order chi connectivity index (χ1) is 17.2. The quantitative estimate of drug-likeness (QED) is 0.430. The highest BCUT2D eigenvalue weighted by molar-refractivity contribution is 5.87. The van der Waals surface area contributed by atoms with E-state index in [4.69, 9.17) is 9.97 Å². The molecule has 5 rings (SSSR count). The predicted octanol–water partition coefficient (Wildman–Crippen LogP) is 5.84. The van der Waals surface area contributed by atoms with Gasteiger partial charge in [0, 0.05) is 24.8 Å². The van der Waals surface area contributed by atoms with Crippen molar-refractivity contribution >= 4 is 34.6 Å². The smallest absolute Gasteiger partial charge is 0.306 e. The summed E-state index contributed by atoms with van der Waals surface area (Å²) >= 11 is 0. The van der Waals surface area contributed by atoms with Crippen molar-refractivity contribution in [3.63, 3.8) is 0 Å². The van der Waals surface area contributed by atoms with Gasteiger partial charge >= 0.3 is 5.97 Å². The molecule has 192 valence electrons. The molecule has 2 aliphatic rings. The van der Waals surface area contributed by atoms with Gasteiger partial charge in [-0.2, -0.15) is 9.97 Å². The fraction of sp³-hybridized carbons (Fsp3) is 0.571. The summed E-state index contributed by atoms with van der Waals surface area (Å²) < 4.78 is 2.22. The second kappa shape index (κ2) is 9.37. The van der Waals surface area contributed by atoms with Gasteiger partial charge in [-0.15, -0.1) is 0 Å². The first kappa shape index (κ1) is 24.5. The maximum atomic E-state index is 11.7. The normalized spacial score (nSPS) is 18.0. The molecule has 8 nitrogen and oxygen atoms in total. The molecule has 8 heteroatoms. The van der Waals surface area contributed by atoms with Gasteiger partial charge < -0.3 is 19.9 Å². The highest BCUT2D eigenvalue weighted by Crippen LogP contribution is 2.40. The molecule has 0 radical (unpaired) electrons. The Balaban J connectivity index is 1.49. The molecule has 3 aromatic rings. The van der Waals surface area contributed by atoms with Crippen LogP contribution in [0.5, 0.6) is 0 Å². The summed E-state index contributed by atoms with van der Waals surface area (Å²) in [4.78, 5) is 28.4. The summed E-state index contributed by atoms with van der Waals surface area (Å²) in [5.74, 6) is 0.686. The number of rotatable bonds is 7. The van der Waals surface area contributed by atoms with E-state index in [1.165, 1.54) is 5.56 Å². The number of carbonyl (C=O) groups is 1. The zero-order chi connectivity index (χ0) is 25.6. The van der Waals surface area contributed by atoms with Crippen LogP contribution in [0.3, 0.4) is 0 Å². The third kappa shape index (κ3) is 4.77. The van der Waals surface area contributed by atoms with Crippen molar-refractivity contribution in [3.05, 3.63) is 35.7 Å². The third-order valence-electron chi connectivity index (χ3n) is 7.86. The van der Waals surface area contributed by atoms with Crippen LogP contribution in [0.15, 0.2) is 24.5 Å². The summed E-state index contributed by atoms with van der Waals surface area (Å²) in [6.07, 6.45) is 6.54. The van der Waals surface area contributed by atoms with Crippen LogP contribution in [0.25, 0.3) is 11.2 Å². The van der Waals surface area contributed by atoms with Crippen LogP contribution in [-0.4, -0.2) is 43.7 Å². The maximum Gasteiger partial charge on any atom is 0.306 e. The zero-order valence-corrected chi connectivity index (χ0v) is 22.1. The van der Waals surface area contributed by atoms with Crippen molar-refractivity contribution < 1.29 is 9.90 Å². The number of aliphatic carboxylic acids is 1. The lowest BCUT2D eigenvalue weighted by Crippen LogP contribution is -2.38. The average Bonchev–Trinajstić information content (AvgIpc) is 3.59. The molecular weight excluding hydrogens is 452 g/mol. The summed E-state index contributed by atoms with van der Waals surface area (Å²) in [5, 5.41) is 13.2. The van der Waals surface area contributed by atoms with E-state index in [1.54, 1.807) is 0 Å². The molecule has 1 aromatic carbocycles. The largest absolute Gasteiger partial charge is 0.481 e. The number of piperidine rings is 1. The molecule has 3 heterocycles. The highest BCUT2D eigenvalue weighted by atomic mass is 16.4. The minimum absolute atomic E-state index is 0.0444. The lowest BCUT2D eigenvalue weighted by atomic mass is 9.83. The van der Waals surface area contributed by atoms with Crippen LogP contribution in [0.1, 0.15) is 77.0 Å². The Labute approximate surface area is 213 Å². The molecule has 0 amide bonds. The van der Waals surface area contributed by atoms with E-state index >= 15 is 0 Å². The average molecular weight is 491 g/mol. The molecule has 0 spiro atoms. The van der Waals surface area contributed by atoms with Crippen molar-refractivity contribution in [1.82, 2.24) is 19.5 Å². The number of hydrogen-bond donors (Lipinski definition) is 2. The Morgan fingerprint density at radius 1 is 1.17 bits per heavy atom. The van der Waals surface area contributed by atoms with Crippen LogP contribution in [0.2, 0.25) is 0 Å². The van der Waals surface area contributed by atoms with Crippen molar-refractivity contribution in [2.24, 2.45) is 11.8 Å². The Morgan fingerprint density at radius 3 is 2.50 bits per heavy atom. The molecule has 2 N–H and O–H groups in total. The molecule has 2 aromatic heterocycles. The number of anilines is 3. The van der Waals surface area contributed by atoms with E-state index in [9.17, 15) is 9.90 Å². The van der Waals surface area contributed by atoms with Crippen molar-refractivity contribution in [1.29, 1.82) is 0 Å². The standard InChI is InChI=1S/C28H38N6O2/c1-6-21(26(35)36)18-11-13-33(14-12-18)27-31-24-23(34(16-29-24)20-9-10-20)25(32-27)30-22-15-19(28(3,4)5)8-7-17(22)2/h7-8,15-16,18,20-21H,6,9-14H2,1-5H3,(H,35,36)(H,30,31,32). The molecule has 1 unspecified atom stereocenters. The van der Waals surface area contributed by atoms with Gasteiger partial charge in [-0.25, -0.2) is 4.98 Å². The number of aryl methyl sites for hydroxylation is 1. The molecule has 0 bridgehead atoms. The van der Waals surface area contributed by atoms with Gasteiger partial charge in [0.25, 0.3) is 0 Å². The van der Waals surface area contributed by atoms with Gasteiger partial charge in [0.2, 0.25) is 5.95 Å². The molecule has 1 atom stereocenters. The number of carboxylic acids is 1. The Kier molecular flexibility index (Phi) is 6.39. The second-order valence-electron chi connectivity index (χ2n) is 11.5. The maximum absolute atomic E-state index is 11.7. The molecule has 1 saturated carbocycles. The zero-order valence-electron chi connectivity index (χ0n) is 22.1. The summed E-state index contributed by atoms with van der Waals surface area (Å²) in [6, 6.07) is 7.05. The number of fused-ring (bicyclic) bond motifs is 1. The van der Waals surface area contributed by atoms with Crippen LogP contribution in [0, 0.1) is 18.8 Å². The number of hydrogen-bond acceptors (Lipinski definition) is 6. The molecule has 1 aliphatic carbocycles. The van der Waals surface area contributed by atoms with E-state index in [2.05, 4.69) is 65.7 Å². The van der Waals surface area contributed by atoms with Gasteiger partial charge in [0.1, 0.15) is 5.52 Å². The van der Waals surface area contributed by atoms with Crippen molar-refractivity contribution in [2.45, 2.75) is 78.2 Å². The monoisotopic (exact) mass is 490 g/mol. The Hall–Kier alpha value is -3.16.